The van der Waals surface area contributed by atoms with E-state index >= 15 is 0 Å². The van der Waals surface area contributed by atoms with E-state index in [1.807, 2.05) is 4.90 Å². The highest BCUT2D eigenvalue weighted by molar-refractivity contribution is 6.30. The molecule has 0 radical (unpaired) electrons. The van der Waals surface area contributed by atoms with Crippen LogP contribution in [0.15, 0.2) is 36.0 Å². The first-order chi connectivity index (χ1) is 13.6. The van der Waals surface area contributed by atoms with Gasteiger partial charge in [0.05, 0.1) is 5.69 Å². The minimum atomic E-state index is -0.0963. The molecule has 1 aliphatic carbocycles. The van der Waals surface area contributed by atoms with Crippen LogP contribution in [0.2, 0.25) is 5.02 Å². The first-order valence-electron chi connectivity index (χ1n) is 10.2. The average molecular weight is 403 g/mol. The number of halogens is 1. The quantitative estimate of drug-likeness (QED) is 0.844. The van der Waals surface area contributed by atoms with Gasteiger partial charge in [-0.25, -0.2) is 5.01 Å². The number of anilines is 1. The zero-order chi connectivity index (χ0) is 19.5. The van der Waals surface area contributed by atoms with Crippen LogP contribution in [0.4, 0.5) is 5.69 Å². The number of rotatable bonds is 3. The average Bonchev–Trinajstić information content (AvgIpc) is 2.75. The third kappa shape index (κ3) is 4.18. The minimum Gasteiger partial charge on any atom is -0.335 e. The molecule has 1 aromatic rings. The number of benzene rings is 1. The number of carbonyl (C=O) groups excluding carboxylic acids is 2. The van der Waals surface area contributed by atoms with Crippen LogP contribution < -0.4 is 10.4 Å². The number of nitrogens with one attached hydrogen (secondary N) is 1. The van der Waals surface area contributed by atoms with Crippen LogP contribution >= 0.6 is 11.6 Å². The normalized spacial score (nSPS) is 22.0. The van der Waals surface area contributed by atoms with Crippen LogP contribution in [0.1, 0.15) is 38.5 Å². The van der Waals surface area contributed by atoms with Gasteiger partial charge in [-0.15, -0.1) is 0 Å². The minimum absolute atomic E-state index is 0.0326. The molecule has 28 heavy (non-hydrogen) atoms. The van der Waals surface area contributed by atoms with Crippen LogP contribution in [-0.2, 0) is 9.59 Å². The lowest BCUT2D eigenvalue weighted by Crippen LogP contribution is -2.55. The van der Waals surface area contributed by atoms with Gasteiger partial charge in [-0.3, -0.25) is 19.9 Å². The molecule has 1 aromatic carbocycles. The van der Waals surface area contributed by atoms with Gasteiger partial charge in [0.25, 0.3) is 5.91 Å². The summed E-state index contributed by atoms with van der Waals surface area (Å²) < 4.78 is 0. The van der Waals surface area contributed by atoms with E-state index in [-0.39, 0.29) is 18.2 Å². The number of piperazine rings is 1. The van der Waals surface area contributed by atoms with Gasteiger partial charge in [-0.1, -0.05) is 30.9 Å². The molecule has 0 atom stereocenters. The van der Waals surface area contributed by atoms with Crippen LogP contribution in [-0.4, -0.2) is 53.8 Å². The molecule has 0 aromatic heterocycles. The van der Waals surface area contributed by atoms with Crippen molar-refractivity contribution < 1.29 is 9.59 Å². The molecule has 2 amide bonds. The fraction of sp³-hybridized carbons (Fsp3) is 0.524. The summed E-state index contributed by atoms with van der Waals surface area (Å²) in [5.41, 5.74) is 4.16. The van der Waals surface area contributed by atoms with Crippen molar-refractivity contribution in [1.29, 1.82) is 0 Å². The summed E-state index contributed by atoms with van der Waals surface area (Å²) in [6.07, 6.45) is 8.50. The van der Waals surface area contributed by atoms with Gasteiger partial charge in [0.15, 0.2) is 0 Å². The second-order valence-corrected chi connectivity index (χ2v) is 8.20. The Bertz CT molecular complexity index is 750. The van der Waals surface area contributed by atoms with E-state index in [1.54, 1.807) is 30.3 Å². The van der Waals surface area contributed by atoms with E-state index in [0.29, 0.717) is 22.4 Å². The van der Waals surface area contributed by atoms with Crippen molar-refractivity contribution in [3.8, 4) is 0 Å². The Morgan fingerprint density at radius 1 is 1.00 bits per heavy atom. The second-order valence-electron chi connectivity index (χ2n) is 7.76. The number of amides is 2. The first-order valence-corrected chi connectivity index (χ1v) is 10.6. The Kier molecular flexibility index (Phi) is 5.87. The third-order valence-electron chi connectivity index (χ3n) is 5.97. The van der Waals surface area contributed by atoms with Crippen molar-refractivity contribution in [3.63, 3.8) is 0 Å². The van der Waals surface area contributed by atoms with Gasteiger partial charge in [0.1, 0.15) is 5.70 Å². The summed E-state index contributed by atoms with van der Waals surface area (Å²) in [5.74, 6) is -0.129. The van der Waals surface area contributed by atoms with E-state index in [1.165, 1.54) is 37.1 Å². The highest BCUT2D eigenvalue weighted by atomic mass is 35.5. The smallest absolute Gasteiger partial charge is 0.271 e. The summed E-state index contributed by atoms with van der Waals surface area (Å²) >= 11 is 5.94. The van der Waals surface area contributed by atoms with E-state index in [2.05, 4.69) is 10.3 Å². The Morgan fingerprint density at radius 2 is 1.68 bits per heavy atom. The zero-order valence-electron chi connectivity index (χ0n) is 16.1. The number of hydrogen-bond donors (Lipinski definition) is 1. The lowest BCUT2D eigenvalue weighted by molar-refractivity contribution is -0.130. The largest absolute Gasteiger partial charge is 0.335 e. The van der Waals surface area contributed by atoms with E-state index in [9.17, 15) is 9.59 Å². The highest BCUT2D eigenvalue weighted by Gasteiger charge is 2.31. The zero-order valence-corrected chi connectivity index (χ0v) is 16.8. The lowest BCUT2D eigenvalue weighted by Gasteiger charge is -2.41. The van der Waals surface area contributed by atoms with E-state index in [4.69, 9.17) is 11.6 Å². The molecule has 0 spiro atoms. The molecule has 7 heteroatoms. The molecule has 6 nitrogen and oxygen atoms in total. The molecule has 1 N–H and O–H groups in total. The summed E-state index contributed by atoms with van der Waals surface area (Å²) in [6, 6.07) is 7.69. The molecule has 1 saturated heterocycles. The molecule has 150 valence electrons. The molecule has 1 saturated carbocycles. The van der Waals surface area contributed by atoms with Gasteiger partial charge in [-0.05, 0) is 43.2 Å². The number of hydrazine groups is 1. The second kappa shape index (κ2) is 8.53. The molecular formula is C21H27ClN4O2. The topological polar surface area (TPSA) is 55.9 Å². The molecule has 2 heterocycles. The van der Waals surface area contributed by atoms with Crippen molar-refractivity contribution in [2.24, 2.45) is 0 Å². The Morgan fingerprint density at radius 3 is 2.36 bits per heavy atom. The number of hydrogen-bond acceptors (Lipinski definition) is 4. The highest BCUT2D eigenvalue weighted by Crippen LogP contribution is 2.24. The van der Waals surface area contributed by atoms with Crippen LogP contribution in [0.5, 0.6) is 0 Å². The molecule has 4 rings (SSSR count). The Balaban J connectivity index is 1.37. The fourth-order valence-corrected chi connectivity index (χ4v) is 4.48. The van der Waals surface area contributed by atoms with Gasteiger partial charge >= 0.3 is 0 Å². The summed E-state index contributed by atoms with van der Waals surface area (Å²) in [4.78, 5) is 29.7. The molecule has 3 aliphatic rings. The van der Waals surface area contributed by atoms with Gasteiger partial charge in [-0.2, -0.15) is 0 Å². The molecular weight excluding hydrogens is 376 g/mol. The van der Waals surface area contributed by atoms with Gasteiger partial charge in [0.2, 0.25) is 5.91 Å². The summed E-state index contributed by atoms with van der Waals surface area (Å²) in [7, 11) is 0. The monoisotopic (exact) mass is 402 g/mol. The predicted molar refractivity (Wildman–Crippen MR) is 110 cm³/mol. The van der Waals surface area contributed by atoms with Crippen molar-refractivity contribution in [3.05, 3.63) is 41.1 Å². The van der Waals surface area contributed by atoms with Crippen molar-refractivity contribution in [2.75, 3.05) is 31.2 Å². The van der Waals surface area contributed by atoms with Crippen molar-refractivity contribution >= 4 is 29.1 Å². The molecule has 0 bridgehead atoms. The van der Waals surface area contributed by atoms with Crippen LogP contribution in [0, 0.1) is 0 Å². The first kappa shape index (κ1) is 19.3. The van der Waals surface area contributed by atoms with Gasteiger partial charge in [0, 0.05) is 43.7 Å². The SMILES string of the molecule is O=C(C1=CCC(=O)N(c2ccc(Cl)cc2)N1)N1CCN(C2CCCCC2)CC1. The Hall–Kier alpha value is -2.05. The maximum absolute atomic E-state index is 13.0. The van der Waals surface area contributed by atoms with E-state index in [0.717, 1.165) is 26.2 Å². The molecule has 2 fully saturated rings. The van der Waals surface area contributed by atoms with Crippen LogP contribution in [0.3, 0.4) is 0 Å². The van der Waals surface area contributed by atoms with Crippen LogP contribution in [0.25, 0.3) is 0 Å². The Labute approximate surface area is 171 Å². The third-order valence-corrected chi connectivity index (χ3v) is 6.22. The number of nitrogens with zero attached hydrogens (tertiary/aromatic N) is 3. The van der Waals surface area contributed by atoms with Crippen molar-refractivity contribution in [2.45, 2.75) is 44.6 Å². The maximum atomic E-state index is 13.0. The standard InChI is InChI=1S/C21H27ClN4O2/c22-16-6-8-18(9-7-16)26-20(27)11-10-19(23-26)21(28)25-14-12-24(13-15-25)17-4-2-1-3-5-17/h6-10,17,23H,1-5,11-15H2. The lowest BCUT2D eigenvalue weighted by atomic mass is 9.94. The number of carbonyl (C=O) groups is 2. The summed E-state index contributed by atoms with van der Waals surface area (Å²) in [5, 5.41) is 2.04. The van der Waals surface area contributed by atoms with E-state index < -0.39 is 0 Å². The molecule has 0 unspecified atom stereocenters. The van der Waals surface area contributed by atoms with Crippen molar-refractivity contribution in [1.82, 2.24) is 15.2 Å². The maximum Gasteiger partial charge on any atom is 0.271 e. The summed E-state index contributed by atoms with van der Waals surface area (Å²) in [6.45, 7) is 3.35. The van der Waals surface area contributed by atoms with Gasteiger partial charge < -0.3 is 4.90 Å². The predicted octanol–water partition coefficient (Wildman–Crippen LogP) is 2.94. The molecule has 2 aliphatic heterocycles. The fourth-order valence-electron chi connectivity index (χ4n) is 4.35.